The van der Waals surface area contributed by atoms with E-state index in [1.165, 1.54) is 0 Å². The maximum absolute atomic E-state index is 14.0. The molecule has 3 aromatic carbocycles. The van der Waals surface area contributed by atoms with Gasteiger partial charge in [0.15, 0.2) is 17.7 Å². The minimum atomic E-state index is -1.17. The van der Waals surface area contributed by atoms with Crippen molar-refractivity contribution in [1.29, 1.82) is 0 Å². The lowest BCUT2D eigenvalue weighted by molar-refractivity contribution is -0.145. The summed E-state index contributed by atoms with van der Waals surface area (Å²) in [5.41, 5.74) is 2.16. The number of nitrogens with zero attached hydrogens (tertiary/aromatic N) is 1. The molecule has 1 heterocycles. The molecule has 6 nitrogen and oxygen atoms in total. The Bertz CT molecular complexity index is 1380. The SMILES string of the molecule is CC(C)(C)c1ccc(O[C@H](Cc2ccc(OCCNC3C4CN(Cc5cc(F)c(F)cc5F)C[C@@H]43)cc2)C(=O)O)cc1. The molecule has 0 aromatic heterocycles. The molecule has 5 rings (SSSR count). The van der Waals surface area contributed by atoms with Gasteiger partial charge in [-0.15, -0.1) is 0 Å². The van der Waals surface area contributed by atoms with Gasteiger partial charge in [0.05, 0.1) is 0 Å². The summed E-state index contributed by atoms with van der Waals surface area (Å²) in [6.45, 7) is 9.34. The van der Waals surface area contributed by atoms with Gasteiger partial charge in [0.2, 0.25) is 0 Å². The first-order chi connectivity index (χ1) is 20.0. The van der Waals surface area contributed by atoms with Gasteiger partial charge in [0.25, 0.3) is 0 Å². The zero-order chi connectivity index (χ0) is 30.0. The third-order valence-electron chi connectivity index (χ3n) is 8.12. The molecular weight excluding hydrogens is 545 g/mol. The Hall–Kier alpha value is -3.56. The number of hydrogen-bond donors (Lipinski definition) is 2. The van der Waals surface area contributed by atoms with Gasteiger partial charge in [0.1, 0.15) is 23.9 Å². The second kappa shape index (κ2) is 12.4. The van der Waals surface area contributed by atoms with E-state index in [0.717, 1.165) is 30.3 Å². The minimum Gasteiger partial charge on any atom is -0.492 e. The normalized spacial score (nSPS) is 20.7. The molecule has 1 aliphatic carbocycles. The molecule has 4 atom stereocenters. The number of halogens is 3. The molecule has 1 aliphatic heterocycles. The van der Waals surface area contributed by atoms with Crippen LogP contribution in [0.15, 0.2) is 60.7 Å². The van der Waals surface area contributed by atoms with Gasteiger partial charge < -0.3 is 19.9 Å². The maximum Gasteiger partial charge on any atom is 0.345 e. The van der Waals surface area contributed by atoms with E-state index in [-0.39, 0.29) is 23.9 Å². The smallest absolute Gasteiger partial charge is 0.345 e. The van der Waals surface area contributed by atoms with Gasteiger partial charge >= 0.3 is 5.97 Å². The van der Waals surface area contributed by atoms with Crippen molar-refractivity contribution in [3.8, 4) is 11.5 Å². The van der Waals surface area contributed by atoms with Crippen molar-refractivity contribution in [2.75, 3.05) is 26.2 Å². The fourth-order valence-electron chi connectivity index (χ4n) is 5.68. The van der Waals surface area contributed by atoms with Crippen molar-refractivity contribution >= 4 is 5.97 Å². The molecule has 0 spiro atoms. The molecule has 0 bridgehead atoms. The Labute approximate surface area is 244 Å². The average molecular weight is 583 g/mol. The van der Waals surface area contributed by atoms with Crippen LogP contribution in [0.3, 0.4) is 0 Å². The summed E-state index contributed by atoms with van der Waals surface area (Å²) in [5.74, 6) is -1.80. The summed E-state index contributed by atoms with van der Waals surface area (Å²) < 4.78 is 52.2. The van der Waals surface area contributed by atoms with E-state index in [1.807, 2.05) is 48.5 Å². The van der Waals surface area contributed by atoms with E-state index >= 15 is 0 Å². The van der Waals surface area contributed by atoms with Gasteiger partial charge in [-0.3, -0.25) is 4.90 Å². The van der Waals surface area contributed by atoms with Crippen LogP contribution in [0.5, 0.6) is 11.5 Å². The number of aliphatic carboxylic acids is 1. The lowest BCUT2D eigenvalue weighted by atomic mass is 9.87. The van der Waals surface area contributed by atoms with Gasteiger partial charge in [-0.2, -0.15) is 0 Å². The standard InChI is InChI=1S/C33H37F3N2O4/c1-33(2,3)22-6-10-24(11-7-22)42-30(32(39)40)14-20-4-8-23(9-5-20)41-13-12-37-31-25-18-38(19-26(25)31)17-21-15-28(35)29(36)16-27(21)34/h4-11,15-16,25-26,30-31,37H,12-14,17-19H2,1-3H3,(H,39,40)/t25-,26?,30+,31?/m0/s1. The molecule has 0 amide bonds. The van der Waals surface area contributed by atoms with Crippen molar-refractivity contribution < 1.29 is 32.5 Å². The molecule has 3 aromatic rings. The fourth-order valence-corrected chi connectivity index (χ4v) is 5.68. The quantitative estimate of drug-likeness (QED) is 0.215. The van der Waals surface area contributed by atoms with Crippen LogP contribution in [0.4, 0.5) is 13.2 Å². The summed E-state index contributed by atoms with van der Waals surface area (Å²) in [6.07, 6.45) is -0.783. The third kappa shape index (κ3) is 7.25. The number of carbonyl (C=O) groups is 1. The highest BCUT2D eigenvalue weighted by Crippen LogP contribution is 2.45. The fraction of sp³-hybridized carbons (Fsp3) is 0.424. The number of benzene rings is 3. The van der Waals surface area contributed by atoms with Crippen LogP contribution in [0.2, 0.25) is 0 Å². The van der Waals surface area contributed by atoms with Crippen molar-refractivity contribution in [3.05, 3.63) is 94.8 Å². The van der Waals surface area contributed by atoms with E-state index < -0.39 is 29.5 Å². The molecule has 2 N–H and O–H groups in total. The summed E-state index contributed by atoms with van der Waals surface area (Å²) >= 11 is 0. The zero-order valence-electron chi connectivity index (χ0n) is 24.1. The zero-order valence-corrected chi connectivity index (χ0v) is 24.1. The highest BCUT2D eigenvalue weighted by Gasteiger charge is 2.55. The van der Waals surface area contributed by atoms with Crippen molar-refractivity contribution in [2.45, 2.75) is 51.3 Å². The first-order valence-corrected chi connectivity index (χ1v) is 14.3. The number of hydrogen-bond acceptors (Lipinski definition) is 5. The summed E-state index contributed by atoms with van der Waals surface area (Å²) in [6, 6.07) is 16.8. The Kier molecular flexibility index (Phi) is 8.80. The third-order valence-corrected chi connectivity index (χ3v) is 8.12. The summed E-state index contributed by atoms with van der Waals surface area (Å²) in [5, 5.41) is 13.2. The molecule has 224 valence electrons. The van der Waals surface area contributed by atoms with E-state index in [4.69, 9.17) is 9.47 Å². The Morgan fingerprint density at radius 1 is 0.952 bits per heavy atom. The molecule has 9 heteroatoms. The van der Waals surface area contributed by atoms with Crippen molar-refractivity contribution in [2.24, 2.45) is 11.8 Å². The molecule has 1 saturated carbocycles. The second-order valence-electron chi connectivity index (χ2n) is 12.3. The molecular formula is C33H37F3N2O4. The van der Waals surface area contributed by atoms with Crippen LogP contribution in [0.25, 0.3) is 0 Å². The van der Waals surface area contributed by atoms with Gasteiger partial charge in [-0.25, -0.2) is 18.0 Å². The van der Waals surface area contributed by atoms with Crippen LogP contribution in [0, 0.1) is 29.3 Å². The molecule has 2 aliphatic rings. The number of likely N-dealkylation sites (tertiary alicyclic amines) is 1. The van der Waals surface area contributed by atoms with Crippen LogP contribution >= 0.6 is 0 Å². The minimum absolute atomic E-state index is 0.00309. The second-order valence-corrected chi connectivity index (χ2v) is 12.3. The van der Waals surface area contributed by atoms with Gasteiger partial charge in [0, 0.05) is 50.3 Å². The van der Waals surface area contributed by atoms with Crippen molar-refractivity contribution in [1.82, 2.24) is 10.2 Å². The van der Waals surface area contributed by atoms with E-state index in [1.54, 1.807) is 0 Å². The summed E-state index contributed by atoms with van der Waals surface area (Å²) in [7, 11) is 0. The molecule has 1 saturated heterocycles. The Morgan fingerprint density at radius 2 is 1.57 bits per heavy atom. The van der Waals surface area contributed by atoms with Crippen LogP contribution in [-0.4, -0.2) is 54.4 Å². The maximum atomic E-state index is 14.0. The number of ether oxygens (including phenoxy) is 2. The van der Waals surface area contributed by atoms with Crippen LogP contribution in [0.1, 0.15) is 37.5 Å². The Balaban J connectivity index is 1.01. The number of rotatable bonds is 12. The van der Waals surface area contributed by atoms with Gasteiger partial charge in [-0.05, 0) is 58.7 Å². The number of nitrogens with one attached hydrogen (secondary N) is 1. The largest absolute Gasteiger partial charge is 0.492 e. The molecule has 42 heavy (non-hydrogen) atoms. The van der Waals surface area contributed by atoms with E-state index in [9.17, 15) is 23.1 Å². The number of carboxylic acid groups (broad SMARTS) is 1. The van der Waals surface area contributed by atoms with Crippen molar-refractivity contribution in [3.63, 3.8) is 0 Å². The monoisotopic (exact) mass is 582 g/mol. The first-order valence-electron chi connectivity index (χ1n) is 14.3. The predicted octanol–water partition coefficient (Wildman–Crippen LogP) is 5.57. The molecule has 2 unspecified atom stereocenters. The van der Waals surface area contributed by atoms with Crippen LogP contribution in [-0.2, 0) is 23.2 Å². The van der Waals surface area contributed by atoms with Gasteiger partial charge in [-0.1, -0.05) is 45.0 Å². The highest BCUT2D eigenvalue weighted by atomic mass is 19.2. The van der Waals surface area contributed by atoms with E-state index in [0.29, 0.717) is 48.6 Å². The number of piperidine rings is 1. The number of fused-ring (bicyclic) bond motifs is 1. The number of carboxylic acids is 1. The topological polar surface area (TPSA) is 71.0 Å². The average Bonchev–Trinajstić information content (AvgIpc) is 3.39. The molecule has 2 fully saturated rings. The first kappa shape index (κ1) is 29.9. The van der Waals surface area contributed by atoms with E-state index in [2.05, 4.69) is 31.0 Å². The Morgan fingerprint density at radius 3 is 2.19 bits per heavy atom. The molecule has 0 radical (unpaired) electrons. The highest BCUT2D eigenvalue weighted by molar-refractivity contribution is 5.73. The van der Waals surface area contributed by atoms with Crippen LogP contribution < -0.4 is 14.8 Å². The summed E-state index contributed by atoms with van der Waals surface area (Å²) in [4.78, 5) is 13.9. The predicted molar refractivity (Wildman–Crippen MR) is 153 cm³/mol. The lowest BCUT2D eigenvalue weighted by Gasteiger charge is -2.20. The lowest BCUT2D eigenvalue weighted by Crippen LogP contribution is -2.33.